The number of aryl methyl sites for hydroxylation is 1. The van der Waals surface area contributed by atoms with Crippen molar-refractivity contribution >= 4 is 0 Å². The summed E-state index contributed by atoms with van der Waals surface area (Å²) in [6.07, 6.45) is 1.79. The van der Waals surface area contributed by atoms with Crippen molar-refractivity contribution in [1.29, 1.82) is 0 Å². The lowest BCUT2D eigenvalue weighted by atomic mass is 9.93. The largest absolute Gasteiger partial charge is 0.247 e. The Bertz CT molecular complexity index is 537. The van der Waals surface area contributed by atoms with Crippen molar-refractivity contribution < 1.29 is 4.39 Å². The topological polar surface area (TPSA) is 0 Å². The van der Waals surface area contributed by atoms with Gasteiger partial charge in [-0.3, -0.25) is 0 Å². The van der Waals surface area contributed by atoms with Gasteiger partial charge in [0.1, 0.15) is 6.17 Å². The van der Waals surface area contributed by atoms with Crippen molar-refractivity contribution in [1.82, 2.24) is 0 Å². The zero-order valence-electron chi connectivity index (χ0n) is 13.0. The Kier molecular flexibility index (Phi) is 5.55. The fourth-order valence-corrected chi connectivity index (χ4v) is 2.68. The number of rotatable bonds is 6. The van der Waals surface area contributed by atoms with Gasteiger partial charge in [-0.05, 0) is 47.9 Å². The van der Waals surface area contributed by atoms with Crippen molar-refractivity contribution in [3.8, 4) is 11.1 Å². The summed E-state index contributed by atoms with van der Waals surface area (Å²) in [7, 11) is 0. The third-order valence-corrected chi connectivity index (χ3v) is 3.91. The molecule has 2 aromatic rings. The molecule has 2 unspecified atom stereocenters. The van der Waals surface area contributed by atoms with Crippen LogP contribution in [-0.2, 0) is 6.42 Å². The molecule has 0 aliphatic carbocycles. The van der Waals surface area contributed by atoms with Crippen LogP contribution in [0.4, 0.5) is 4.39 Å². The predicted molar refractivity (Wildman–Crippen MR) is 89.2 cm³/mol. The maximum atomic E-state index is 13.0. The van der Waals surface area contributed by atoms with E-state index in [1.807, 2.05) is 6.92 Å². The summed E-state index contributed by atoms with van der Waals surface area (Å²) >= 11 is 0. The third-order valence-electron chi connectivity index (χ3n) is 3.91. The molecule has 0 amide bonds. The van der Waals surface area contributed by atoms with E-state index in [0.29, 0.717) is 6.42 Å². The lowest BCUT2D eigenvalue weighted by Crippen LogP contribution is -2.01. The standard InChI is InChI=1S/C20H24F/c1-4-5-17-6-8-19(9-7-17)20-12-10-18(11-13-20)15(2)14-16(3)21/h6-13,15-16H,3-5,14H2,1-2H3. The fraction of sp³-hybridized carbons (Fsp3) is 0.350. The van der Waals surface area contributed by atoms with Gasteiger partial charge in [0.15, 0.2) is 0 Å². The Hall–Kier alpha value is -1.63. The van der Waals surface area contributed by atoms with Gasteiger partial charge < -0.3 is 0 Å². The van der Waals surface area contributed by atoms with Gasteiger partial charge in [0.2, 0.25) is 0 Å². The lowest BCUT2D eigenvalue weighted by molar-refractivity contribution is 0.356. The highest BCUT2D eigenvalue weighted by molar-refractivity contribution is 5.64. The van der Waals surface area contributed by atoms with Crippen LogP contribution in [-0.4, -0.2) is 6.17 Å². The first-order valence-corrected chi connectivity index (χ1v) is 7.76. The van der Waals surface area contributed by atoms with Crippen LogP contribution in [0, 0.1) is 6.92 Å². The van der Waals surface area contributed by atoms with E-state index in [1.165, 1.54) is 28.7 Å². The molecule has 2 aromatic carbocycles. The molecular formula is C20H24F. The minimum absolute atomic E-state index is 0.207. The van der Waals surface area contributed by atoms with Gasteiger partial charge in [0.05, 0.1) is 0 Å². The molecule has 0 aliphatic rings. The van der Waals surface area contributed by atoms with Crippen molar-refractivity contribution in [3.63, 3.8) is 0 Å². The lowest BCUT2D eigenvalue weighted by Gasteiger charge is -2.13. The van der Waals surface area contributed by atoms with Crippen molar-refractivity contribution in [2.45, 2.75) is 45.2 Å². The maximum Gasteiger partial charge on any atom is 0.101 e. The third kappa shape index (κ3) is 4.42. The molecule has 2 atom stereocenters. The highest BCUT2D eigenvalue weighted by Crippen LogP contribution is 2.26. The van der Waals surface area contributed by atoms with Crippen LogP contribution in [0.5, 0.6) is 0 Å². The van der Waals surface area contributed by atoms with Crippen LogP contribution in [0.25, 0.3) is 11.1 Å². The van der Waals surface area contributed by atoms with Gasteiger partial charge in [-0.1, -0.05) is 68.8 Å². The molecule has 0 heterocycles. The minimum atomic E-state index is -0.995. The van der Waals surface area contributed by atoms with Gasteiger partial charge in [-0.2, -0.15) is 0 Å². The van der Waals surface area contributed by atoms with E-state index in [2.05, 4.69) is 62.4 Å². The van der Waals surface area contributed by atoms with Crippen molar-refractivity contribution in [3.05, 3.63) is 66.6 Å². The Morgan fingerprint density at radius 2 is 1.48 bits per heavy atom. The van der Waals surface area contributed by atoms with E-state index in [0.717, 1.165) is 6.42 Å². The number of halogens is 1. The summed E-state index contributed by atoms with van der Waals surface area (Å²) in [5.41, 5.74) is 5.00. The quantitative estimate of drug-likeness (QED) is 0.612. The maximum absolute atomic E-state index is 13.0. The summed E-state index contributed by atoms with van der Waals surface area (Å²) in [6.45, 7) is 7.67. The van der Waals surface area contributed by atoms with Crippen molar-refractivity contribution in [2.75, 3.05) is 0 Å². The molecule has 0 bridgehead atoms. The average molecular weight is 283 g/mol. The molecule has 0 N–H and O–H groups in total. The van der Waals surface area contributed by atoms with Crippen LogP contribution in [0.2, 0.25) is 0 Å². The van der Waals surface area contributed by atoms with Crippen LogP contribution in [0.1, 0.15) is 43.7 Å². The van der Waals surface area contributed by atoms with Crippen LogP contribution in [0.3, 0.4) is 0 Å². The Labute approximate surface area is 128 Å². The van der Waals surface area contributed by atoms with Crippen LogP contribution >= 0.6 is 0 Å². The van der Waals surface area contributed by atoms with Crippen LogP contribution in [0.15, 0.2) is 48.5 Å². The van der Waals surface area contributed by atoms with E-state index in [-0.39, 0.29) is 5.92 Å². The summed E-state index contributed by atoms with van der Waals surface area (Å²) in [4.78, 5) is 0. The first-order chi connectivity index (χ1) is 10.1. The molecule has 0 spiro atoms. The molecule has 0 aliphatic heterocycles. The molecule has 0 fully saturated rings. The van der Waals surface area contributed by atoms with Gasteiger partial charge >= 0.3 is 0 Å². The Balaban J connectivity index is 2.11. The fourth-order valence-electron chi connectivity index (χ4n) is 2.68. The van der Waals surface area contributed by atoms with Gasteiger partial charge in [-0.15, -0.1) is 0 Å². The summed E-state index contributed by atoms with van der Waals surface area (Å²) < 4.78 is 13.0. The molecule has 2 rings (SSSR count). The van der Waals surface area contributed by atoms with Crippen molar-refractivity contribution in [2.24, 2.45) is 0 Å². The van der Waals surface area contributed by atoms with E-state index in [4.69, 9.17) is 0 Å². The molecule has 0 saturated carbocycles. The van der Waals surface area contributed by atoms with E-state index >= 15 is 0 Å². The monoisotopic (exact) mass is 283 g/mol. The second kappa shape index (κ2) is 7.40. The first kappa shape index (κ1) is 15.8. The molecule has 1 heteroatoms. The second-order valence-electron chi connectivity index (χ2n) is 5.80. The predicted octanol–water partition coefficient (Wildman–Crippen LogP) is 5.97. The highest BCUT2D eigenvalue weighted by Gasteiger charge is 2.10. The smallest absolute Gasteiger partial charge is 0.101 e. The number of hydrogen-bond acceptors (Lipinski definition) is 0. The summed E-state index contributed by atoms with van der Waals surface area (Å²) in [5.74, 6) is 0.207. The average Bonchev–Trinajstić information content (AvgIpc) is 2.48. The molecular weight excluding hydrogens is 259 g/mol. The summed E-state index contributed by atoms with van der Waals surface area (Å²) in [5, 5.41) is 0. The molecule has 111 valence electrons. The van der Waals surface area contributed by atoms with Gasteiger partial charge in [0.25, 0.3) is 0 Å². The van der Waals surface area contributed by atoms with E-state index in [1.54, 1.807) is 0 Å². The van der Waals surface area contributed by atoms with E-state index < -0.39 is 6.17 Å². The number of hydrogen-bond donors (Lipinski definition) is 0. The Morgan fingerprint density at radius 1 is 0.952 bits per heavy atom. The molecule has 0 nitrogen and oxygen atoms in total. The number of alkyl halides is 1. The molecule has 0 aromatic heterocycles. The second-order valence-corrected chi connectivity index (χ2v) is 5.80. The van der Waals surface area contributed by atoms with Gasteiger partial charge in [0, 0.05) is 0 Å². The minimum Gasteiger partial charge on any atom is -0.247 e. The van der Waals surface area contributed by atoms with Crippen LogP contribution < -0.4 is 0 Å². The zero-order chi connectivity index (χ0) is 15.2. The summed E-state index contributed by atoms with van der Waals surface area (Å²) in [6, 6.07) is 17.2. The Morgan fingerprint density at radius 3 is 1.95 bits per heavy atom. The first-order valence-electron chi connectivity index (χ1n) is 7.76. The number of benzene rings is 2. The highest BCUT2D eigenvalue weighted by atomic mass is 19.1. The SMILES string of the molecule is [CH2]C(F)CC(C)c1ccc(-c2ccc(CCC)cc2)cc1. The molecule has 1 radical (unpaired) electrons. The zero-order valence-corrected chi connectivity index (χ0v) is 13.0. The van der Waals surface area contributed by atoms with Gasteiger partial charge in [-0.25, -0.2) is 4.39 Å². The molecule has 21 heavy (non-hydrogen) atoms. The molecule has 0 saturated heterocycles. The normalized spacial score (nSPS) is 13.9. The van der Waals surface area contributed by atoms with E-state index in [9.17, 15) is 4.39 Å².